The summed E-state index contributed by atoms with van der Waals surface area (Å²) in [4.78, 5) is 21.0. The molecule has 0 unspecified atom stereocenters. The summed E-state index contributed by atoms with van der Waals surface area (Å²) in [6.07, 6.45) is 3.64. The SMILES string of the molecule is O=C1CCCc2nc3ncnn3c(-c3ccc(Cl)cc3)c21. The predicted molar refractivity (Wildman–Crippen MR) is 78.5 cm³/mol. The molecule has 1 aromatic carbocycles. The van der Waals surface area contributed by atoms with E-state index in [-0.39, 0.29) is 5.78 Å². The van der Waals surface area contributed by atoms with Gasteiger partial charge in [0.2, 0.25) is 0 Å². The number of aromatic nitrogens is 4. The summed E-state index contributed by atoms with van der Waals surface area (Å²) in [5.74, 6) is 0.638. The Hall–Kier alpha value is -2.27. The topological polar surface area (TPSA) is 60.2 Å². The average Bonchev–Trinajstić information content (AvgIpc) is 2.94. The second-order valence-electron chi connectivity index (χ2n) is 5.04. The van der Waals surface area contributed by atoms with Crippen LogP contribution >= 0.6 is 11.6 Å². The molecule has 4 rings (SSSR count). The summed E-state index contributed by atoms with van der Waals surface area (Å²) in [7, 11) is 0. The highest BCUT2D eigenvalue weighted by Gasteiger charge is 2.26. The minimum absolute atomic E-state index is 0.117. The molecule has 0 saturated heterocycles. The highest BCUT2D eigenvalue weighted by Crippen LogP contribution is 2.31. The quantitative estimate of drug-likeness (QED) is 0.693. The van der Waals surface area contributed by atoms with Crippen LogP contribution in [0.5, 0.6) is 0 Å². The minimum atomic E-state index is 0.117. The zero-order valence-corrected chi connectivity index (χ0v) is 11.8. The minimum Gasteiger partial charge on any atom is -0.294 e. The maximum absolute atomic E-state index is 12.4. The zero-order valence-electron chi connectivity index (χ0n) is 11.1. The zero-order chi connectivity index (χ0) is 14.4. The van der Waals surface area contributed by atoms with Crippen molar-refractivity contribution in [2.75, 3.05) is 0 Å². The number of hydrogen-bond donors (Lipinski definition) is 0. The fraction of sp³-hybridized carbons (Fsp3) is 0.200. The van der Waals surface area contributed by atoms with Crippen LogP contribution in [0.3, 0.4) is 0 Å². The number of ketones is 1. The maximum Gasteiger partial charge on any atom is 0.252 e. The fourth-order valence-electron chi connectivity index (χ4n) is 2.78. The summed E-state index contributed by atoms with van der Waals surface area (Å²) in [6, 6.07) is 7.39. The number of hydrogen-bond acceptors (Lipinski definition) is 4. The van der Waals surface area contributed by atoms with Crippen molar-refractivity contribution in [3.8, 4) is 11.3 Å². The van der Waals surface area contributed by atoms with Gasteiger partial charge in [-0.05, 0) is 25.0 Å². The van der Waals surface area contributed by atoms with Crippen LogP contribution in [0.15, 0.2) is 30.6 Å². The van der Waals surface area contributed by atoms with Crippen molar-refractivity contribution in [3.05, 3.63) is 46.9 Å². The van der Waals surface area contributed by atoms with Gasteiger partial charge in [-0.3, -0.25) is 4.79 Å². The molecular formula is C15H11ClN4O. The Morgan fingerprint density at radius 3 is 2.76 bits per heavy atom. The molecule has 0 fully saturated rings. The van der Waals surface area contributed by atoms with Crippen LogP contribution in [-0.4, -0.2) is 25.4 Å². The summed E-state index contributed by atoms with van der Waals surface area (Å²) in [5.41, 5.74) is 3.14. The summed E-state index contributed by atoms with van der Waals surface area (Å²) >= 11 is 5.95. The average molecular weight is 299 g/mol. The summed E-state index contributed by atoms with van der Waals surface area (Å²) in [5, 5.41) is 4.87. The third-order valence-electron chi connectivity index (χ3n) is 3.72. The molecule has 104 valence electrons. The van der Waals surface area contributed by atoms with Gasteiger partial charge in [-0.1, -0.05) is 23.7 Å². The molecule has 5 nitrogen and oxygen atoms in total. The van der Waals surface area contributed by atoms with E-state index in [0.29, 0.717) is 22.8 Å². The molecule has 1 aliphatic rings. The molecule has 0 bridgehead atoms. The number of benzene rings is 1. The molecule has 21 heavy (non-hydrogen) atoms. The first-order valence-electron chi connectivity index (χ1n) is 6.76. The molecule has 0 atom stereocenters. The Kier molecular flexibility index (Phi) is 2.75. The fourth-order valence-corrected chi connectivity index (χ4v) is 2.90. The highest BCUT2D eigenvalue weighted by molar-refractivity contribution is 6.30. The normalized spacial score (nSPS) is 14.4. The number of Topliss-reactive ketones (excluding diaryl/α,β-unsaturated/α-hetero) is 1. The van der Waals surface area contributed by atoms with Crippen LogP contribution in [0, 0.1) is 0 Å². The van der Waals surface area contributed by atoms with E-state index in [4.69, 9.17) is 11.6 Å². The number of rotatable bonds is 1. The van der Waals surface area contributed by atoms with Crippen LogP contribution < -0.4 is 0 Å². The van der Waals surface area contributed by atoms with Gasteiger partial charge in [0.05, 0.1) is 17.0 Å². The number of aryl methyl sites for hydroxylation is 1. The molecule has 1 aliphatic carbocycles. The Bertz CT molecular complexity index is 854. The van der Waals surface area contributed by atoms with Gasteiger partial charge in [0.1, 0.15) is 6.33 Å². The predicted octanol–water partition coefficient (Wildman–Crippen LogP) is 2.96. The van der Waals surface area contributed by atoms with Crippen molar-refractivity contribution < 1.29 is 4.79 Å². The van der Waals surface area contributed by atoms with Crippen LogP contribution in [-0.2, 0) is 6.42 Å². The van der Waals surface area contributed by atoms with Crippen LogP contribution in [0.1, 0.15) is 28.9 Å². The monoisotopic (exact) mass is 298 g/mol. The Morgan fingerprint density at radius 2 is 1.95 bits per heavy atom. The van der Waals surface area contributed by atoms with Crippen LogP contribution in [0.2, 0.25) is 5.02 Å². The second kappa shape index (κ2) is 4.63. The third-order valence-corrected chi connectivity index (χ3v) is 3.97. The van der Waals surface area contributed by atoms with E-state index in [0.717, 1.165) is 29.8 Å². The first kappa shape index (κ1) is 12.5. The Morgan fingerprint density at radius 1 is 1.14 bits per heavy atom. The van der Waals surface area contributed by atoms with E-state index in [9.17, 15) is 4.79 Å². The van der Waals surface area contributed by atoms with E-state index < -0.39 is 0 Å². The van der Waals surface area contributed by atoms with E-state index in [1.54, 1.807) is 16.6 Å². The number of carbonyl (C=O) groups excluding carboxylic acids is 1. The lowest BCUT2D eigenvalue weighted by Gasteiger charge is -2.18. The lowest BCUT2D eigenvalue weighted by atomic mass is 9.91. The molecule has 0 spiro atoms. The lowest BCUT2D eigenvalue weighted by Crippen LogP contribution is -2.17. The summed E-state index contributed by atoms with van der Waals surface area (Å²) in [6.45, 7) is 0. The number of nitrogens with zero attached hydrogens (tertiary/aromatic N) is 4. The van der Waals surface area contributed by atoms with Gasteiger partial charge >= 0.3 is 0 Å². The molecule has 2 heterocycles. The highest BCUT2D eigenvalue weighted by atomic mass is 35.5. The van der Waals surface area contributed by atoms with Gasteiger partial charge in [0.25, 0.3) is 5.78 Å². The summed E-state index contributed by atoms with van der Waals surface area (Å²) < 4.78 is 1.63. The smallest absolute Gasteiger partial charge is 0.252 e. The number of halogens is 1. The van der Waals surface area contributed by atoms with Gasteiger partial charge in [-0.2, -0.15) is 14.6 Å². The van der Waals surface area contributed by atoms with Gasteiger partial charge in [0, 0.05) is 17.0 Å². The second-order valence-corrected chi connectivity index (χ2v) is 5.47. The van der Waals surface area contributed by atoms with E-state index in [2.05, 4.69) is 15.1 Å². The lowest BCUT2D eigenvalue weighted by molar-refractivity contribution is 0.0972. The number of fused-ring (bicyclic) bond motifs is 2. The van der Waals surface area contributed by atoms with E-state index in [1.165, 1.54) is 6.33 Å². The van der Waals surface area contributed by atoms with Gasteiger partial charge in [-0.25, -0.2) is 4.98 Å². The first-order chi connectivity index (χ1) is 10.2. The Labute approximate surface area is 125 Å². The molecule has 0 saturated carbocycles. The van der Waals surface area contributed by atoms with Gasteiger partial charge < -0.3 is 0 Å². The first-order valence-corrected chi connectivity index (χ1v) is 7.13. The van der Waals surface area contributed by atoms with Crippen LogP contribution in [0.4, 0.5) is 0 Å². The molecule has 2 aromatic heterocycles. The molecule has 6 heteroatoms. The van der Waals surface area contributed by atoms with Crippen molar-refractivity contribution in [1.82, 2.24) is 19.6 Å². The van der Waals surface area contributed by atoms with Crippen molar-refractivity contribution in [2.24, 2.45) is 0 Å². The van der Waals surface area contributed by atoms with E-state index in [1.807, 2.05) is 12.1 Å². The van der Waals surface area contributed by atoms with Crippen molar-refractivity contribution in [1.29, 1.82) is 0 Å². The number of carbonyl (C=O) groups is 1. The molecular weight excluding hydrogens is 288 g/mol. The van der Waals surface area contributed by atoms with Gasteiger partial charge in [-0.15, -0.1) is 0 Å². The standard InChI is InChI=1S/C15H11ClN4O/c16-10-6-4-9(5-7-10)14-13-11(2-1-3-12(13)21)19-15-17-8-18-20(14)15/h4-8H,1-3H2. The van der Waals surface area contributed by atoms with Crippen molar-refractivity contribution in [2.45, 2.75) is 19.3 Å². The molecule has 0 aliphatic heterocycles. The van der Waals surface area contributed by atoms with Crippen molar-refractivity contribution >= 4 is 23.2 Å². The molecule has 0 radical (unpaired) electrons. The van der Waals surface area contributed by atoms with E-state index >= 15 is 0 Å². The van der Waals surface area contributed by atoms with Gasteiger partial charge in [0.15, 0.2) is 5.78 Å². The third kappa shape index (κ3) is 1.93. The largest absolute Gasteiger partial charge is 0.294 e. The Balaban J connectivity index is 2.09. The molecule has 3 aromatic rings. The molecule has 0 N–H and O–H groups in total. The molecule has 0 amide bonds. The van der Waals surface area contributed by atoms with Crippen LogP contribution in [0.25, 0.3) is 17.0 Å². The maximum atomic E-state index is 12.4. The van der Waals surface area contributed by atoms with Crippen molar-refractivity contribution in [3.63, 3.8) is 0 Å².